The summed E-state index contributed by atoms with van der Waals surface area (Å²) in [5, 5.41) is 0. The minimum atomic E-state index is -0.409. The number of hydrogen-bond acceptors (Lipinski definition) is 3. The minimum Gasteiger partial charge on any atom is -0.376 e. The van der Waals surface area contributed by atoms with Crippen LogP contribution in [0.4, 0.5) is 0 Å². The number of carbonyl (C=O) groups excluding carboxylic acids is 1. The zero-order valence-corrected chi connectivity index (χ0v) is 12.4. The molecule has 0 radical (unpaired) electrons. The zero-order chi connectivity index (χ0) is 14.4. The Kier molecular flexibility index (Phi) is 5.74. The summed E-state index contributed by atoms with van der Waals surface area (Å²) in [4.78, 5) is 12.3. The van der Waals surface area contributed by atoms with Gasteiger partial charge in [-0.3, -0.25) is 4.79 Å². The molecule has 1 fully saturated rings. The monoisotopic (exact) mass is 276 g/mol. The van der Waals surface area contributed by atoms with E-state index < -0.39 is 6.10 Å². The second-order valence-electron chi connectivity index (χ2n) is 5.38. The van der Waals surface area contributed by atoms with Crippen LogP contribution in [0.1, 0.15) is 49.0 Å². The van der Waals surface area contributed by atoms with E-state index in [2.05, 4.69) is 6.92 Å². The van der Waals surface area contributed by atoms with E-state index in [4.69, 9.17) is 9.47 Å². The summed E-state index contributed by atoms with van der Waals surface area (Å²) < 4.78 is 11.3. The Labute approximate surface area is 121 Å². The molecule has 2 unspecified atom stereocenters. The smallest absolute Gasteiger partial charge is 0.191 e. The first-order valence-electron chi connectivity index (χ1n) is 7.57. The van der Waals surface area contributed by atoms with Crippen LogP contribution in [0.5, 0.6) is 0 Å². The van der Waals surface area contributed by atoms with E-state index in [1.165, 1.54) is 12.0 Å². The van der Waals surface area contributed by atoms with Crippen molar-refractivity contribution in [1.82, 2.24) is 0 Å². The highest BCUT2D eigenvalue weighted by atomic mass is 16.5. The third-order valence-electron chi connectivity index (χ3n) is 3.82. The van der Waals surface area contributed by atoms with Crippen molar-refractivity contribution in [2.24, 2.45) is 0 Å². The quantitative estimate of drug-likeness (QED) is 0.747. The number of benzene rings is 1. The van der Waals surface area contributed by atoms with Crippen molar-refractivity contribution >= 4 is 5.78 Å². The van der Waals surface area contributed by atoms with Gasteiger partial charge in [0.25, 0.3) is 0 Å². The number of aryl methyl sites for hydroxylation is 1. The Bertz CT molecular complexity index is 418. The van der Waals surface area contributed by atoms with E-state index in [0.717, 1.165) is 31.4 Å². The molecule has 0 saturated carbocycles. The standard InChI is InChI=1S/C17H24O3/c1-3-14-7-9-15(10-8-14)17(18)13(2)20-12-16-6-4-5-11-19-16/h7-10,13,16H,3-6,11-12H2,1-2H3. The molecule has 0 N–H and O–H groups in total. The lowest BCUT2D eigenvalue weighted by Crippen LogP contribution is -2.29. The van der Waals surface area contributed by atoms with Crippen LogP contribution >= 0.6 is 0 Å². The Hall–Kier alpha value is -1.19. The van der Waals surface area contributed by atoms with Crippen LogP contribution in [0.3, 0.4) is 0 Å². The van der Waals surface area contributed by atoms with E-state index in [1.807, 2.05) is 31.2 Å². The molecule has 1 aliphatic heterocycles. The van der Waals surface area contributed by atoms with Gasteiger partial charge in [-0.15, -0.1) is 0 Å². The average molecular weight is 276 g/mol. The molecule has 110 valence electrons. The molecule has 0 aromatic heterocycles. The summed E-state index contributed by atoms with van der Waals surface area (Å²) >= 11 is 0. The maximum Gasteiger partial charge on any atom is 0.191 e. The summed E-state index contributed by atoms with van der Waals surface area (Å²) in [5.74, 6) is 0.0449. The SMILES string of the molecule is CCc1ccc(C(=O)C(C)OCC2CCCCO2)cc1. The van der Waals surface area contributed by atoms with Crippen LogP contribution in [-0.4, -0.2) is 31.2 Å². The van der Waals surface area contributed by atoms with Crippen molar-refractivity contribution in [2.45, 2.75) is 51.7 Å². The molecule has 2 rings (SSSR count). The van der Waals surface area contributed by atoms with E-state index in [9.17, 15) is 4.79 Å². The Morgan fingerprint density at radius 1 is 1.35 bits per heavy atom. The Morgan fingerprint density at radius 2 is 2.10 bits per heavy atom. The van der Waals surface area contributed by atoms with Gasteiger partial charge in [-0.25, -0.2) is 0 Å². The second-order valence-corrected chi connectivity index (χ2v) is 5.38. The molecule has 1 aliphatic rings. The van der Waals surface area contributed by atoms with Gasteiger partial charge in [0.05, 0.1) is 12.7 Å². The maximum absolute atomic E-state index is 12.3. The fourth-order valence-corrected chi connectivity index (χ4v) is 2.41. The maximum atomic E-state index is 12.3. The first-order chi connectivity index (χ1) is 9.70. The normalized spacial score (nSPS) is 20.6. The molecular weight excluding hydrogens is 252 g/mol. The van der Waals surface area contributed by atoms with Crippen LogP contribution < -0.4 is 0 Å². The molecule has 3 nitrogen and oxygen atoms in total. The third-order valence-corrected chi connectivity index (χ3v) is 3.82. The second kappa shape index (κ2) is 7.55. The molecule has 0 aliphatic carbocycles. The molecule has 2 atom stereocenters. The van der Waals surface area contributed by atoms with Crippen molar-refractivity contribution < 1.29 is 14.3 Å². The highest BCUT2D eigenvalue weighted by Crippen LogP contribution is 2.15. The van der Waals surface area contributed by atoms with Crippen molar-refractivity contribution in [1.29, 1.82) is 0 Å². The lowest BCUT2D eigenvalue weighted by atomic mass is 10.0. The zero-order valence-electron chi connectivity index (χ0n) is 12.4. The van der Waals surface area contributed by atoms with Crippen LogP contribution in [0, 0.1) is 0 Å². The van der Waals surface area contributed by atoms with E-state index >= 15 is 0 Å². The average Bonchev–Trinajstić information content (AvgIpc) is 2.53. The number of rotatable bonds is 6. The topological polar surface area (TPSA) is 35.5 Å². The van der Waals surface area contributed by atoms with Crippen molar-refractivity contribution in [2.75, 3.05) is 13.2 Å². The lowest BCUT2D eigenvalue weighted by Gasteiger charge is -2.23. The first kappa shape index (κ1) is 15.2. The summed E-state index contributed by atoms with van der Waals surface area (Å²) in [5.41, 5.74) is 1.96. The Morgan fingerprint density at radius 3 is 2.70 bits per heavy atom. The highest BCUT2D eigenvalue weighted by Gasteiger charge is 2.19. The van der Waals surface area contributed by atoms with Gasteiger partial charge in [0.2, 0.25) is 0 Å². The van der Waals surface area contributed by atoms with Crippen LogP contribution in [0.25, 0.3) is 0 Å². The summed E-state index contributed by atoms with van der Waals surface area (Å²) in [7, 11) is 0. The van der Waals surface area contributed by atoms with Crippen LogP contribution in [-0.2, 0) is 15.9 Å². The van der Waals surface area contributed by atoms with Gasteiger partial charge in [0, 0.05) is 12.2 Å². The summed E-state index contributed by atoms with van der Waals surface area (Å²) in [6.07, 6.45) is 4.09. The van der Waals surface area contributed by atoms with Crippen LogP contribution in [0.2, 0.25) is 0 Å². The Balaban J connectivity index is 1.83. The molecule has 1 aromatic carbocycles. The molecule has 1 saturated heterocycles. The van der Waals surface area contributed by atoms with Gasteiger partial charge in [-0.05, 0) is 38.2 Å². The summed E-state index contributed by atoms with van der Waals surface area (Å²) in [6, 6.07) is 7.78. The summed E-state index contributed by atoms with van der Waals surface area (Å²) in [6.45, 7) is 5.25. The predicted octanol–water partition coefficient (Wildman–Crippen LogP) is 3.41. The number of Topliss-reactive ketones (excluding diaryl/α,β-unsaturated/α-hetero) is 1. The van der Waals surface area contributed by atoms with Gasteiger partial charge in [-0.2, -0.15) is 0 Å². The molecular formula is C17H24O3. The third kappa shape index (κ3) is 4.15. The number of ketones is 1. The number of ether oxygens (including phenoxy) is 2. The van der Waals surface area contributed by atoms with Gasteiger partial charge in [0.15, 0.2) is 5.78 Å². The largest absolute Gasteiger partial charge is 0.376 e. The van der Waals surface area contributed by atoms with Crippen molar-refractivity contribution in [3.05, 3.63) is 35.4 Å². The number of hydrogen-bond donors (Lipinski definition) is 0. The van der Waals surface area contributed by atoms with E-state index in [0.29, 0.717) is 6.61 Å². The minimum absolute atomic E-state index is 0.0449. The van der Waals surface area contributed by atoms with E-state index in [-0.39, 0.29) is 11.9 Å². The first-order valence-corrected chi connectivity index (χ1v) is 7.57. The van der Waals surface area contributed by atoms with E-state index in [1.54, 1.807) is 0 Å². The predicted molar refractivity (Wildman–Crippen MR) is 79.2 cm³/mol. The molecule has 0 amide bonds. The van der Waals surface area contributed by atoms with Gasteiger partial charge in [-0.1, -0.05) is 31.2 Å². The molecule has 20 heavy (non-hydrogen) atoms. The molecule has 0 spiro atoms. The fraction of sp³-hybridized carbons (Fsp3) is 0.588. The fourth-order valence-electron chi connectivity index (χ4n) is 2.41. The highest BCUT2D eigenvalue weighted by molar-refractivity contribution is 5.99. The van der Waals surface area contributed by atoms with Crippen molar-refractivity contribution in [3.8, 4) is 0 Å². The van der Waals surface area contributed by atoms with Crippen LogP contribution in [0.15, 0.2) is 24.3 Å². The number of carbonyl (C=O) groups is 1. The molecule has 1 heterocycles. The van der Waals surface area contributed by atoms with Gasteiger partial charge < -0.3 is 9.47 Å². The lowest BCUT2D eigenvalue weighted by molar-refractivity contribution is -0.0526. The molecule has 0 bridgehead atoms. The van der Waals surface area contributed by atoms with Gasteiger partial charge >= 0.3 is 0 Å². The van der Waals surface area contributed by atoms with Crippen molar-refractivity contribution in [3.63, 3.8) is 0 Å². The molecule has 1 aromatic rings. The van der Waals surface area contributed by atoms with Gasteiger partial charge in [0.1, 0.15) is 6.10 Å². The molecule has 3 heteroatoms.